The fourth-order valence-corrected chi connectivity index (χ4v) is 3.60. The number of amides is 1. The van der Waals surface area contributed by atoms with Gasteiger partial charge in [0, 0.05) is 37.5 Å². The van der Waals surface area contributed by atoms with Gasteiger partial charge in [-0.15, -0.1) is 0 Å². The second-order valence-corrected chi connectivity index (χ2v) is 7.10. The van der Waals surface area contributed by atoms with Crippen molar-refractivity contribution in [3.8, 4) is 0 Å². The molecule has 1 aliphatic heterocycles. The lowest BCUT2D eigenvalue weighted by atomic mass is 10.1. The molecule has 1 aromatic heterocycles. The minimum Gasteiger partial charge on any atom is -0.381 e. The van der Waals surface area contributed by atoms with Gasteiger partial charge >= 0.3 is 0 Å². The normalized spacial score (nSPS) is 20.1. The van der Waals surface area contributed by atoms with E-state index in [1.807, 2.05) is 23.1 Å². The van der Waals surface area contributed by atoms with Crippen LogP contribution in [0.25, 0.3) is 10.8 Å². The van der Waals surface area contributed by atoms with Crippen molar-refractivity contribution in [3.63, 3.8) is 0 Å². The first-order valence-corrected chi connectivity index (χ1v) is 8.95. The third-order valence-electron chi connectivity index (χ3n) is 5.14. The number of hydrogen-bond acceptors (Lipinski definition) is 4. The van der Waals surface area contributed by atoms with Crippen molar-refractivity contribution in [2.24, 2.45) is 13.0 Å². The molecule has 1 saturated carbocycles. The van der Waals surface area contributed by atoms with Crippen LogP contribution >= 0.6 is 0 Å². The number of rotatable bonds is 5. The summed E-state index contributed by atoms with van der Waals surface area (Å²) in [5, 5.41) is 5.76. The van der Waals surface area contributed by atoms with Gasteiger partial charge in [0.15, 0.2) is 0 Å². The van der Waals surface area contributed by atoms with E-state index in [4.69, 9.17) is 4.74 Å². The number of fused-ring (bicyclic) bond motifs is 1. The van der Waals surface area contributed by atoms with Gasteiger partial charge in [0.1, 0.15) is 0 Å². The van der Waals surface area contributed by atoms with Gasteiger partial charge in [-0.1, -0.05) is 18.2 Å². The molecule has 1 saturated heterocycles. The summed E-state index contributed by atoms with van der Waals surface area (Å²) in [4.78, 5) is 27.2. The first-order chi connectivity index (χ1) is 12.1. The fourth-order valence-electron chi connectivity index (χ4n) is 3.60. The summed E-state index contributed by atoms with van der Waals surface area (Å²) in [7, 11) is 1.64. The van der Waals surface area contributed by atoms with Gasteiger partial charge in [-0.2, -0.15) is 5.10 Å². The maximum Gasteiger partial charge on any atom is 0.274 e. The Morgan fingerprint density at radius 1 is 1.28 bits per heavy atom. The van der Waals surface area contributed by atoms with Crippen LogP contribution in [0.2, 0.25) is 0 Å². The fraction of sp³-hybridized carbons (Fsp3) is 0.526. The SMILES string of the molecule is Cn1nc(CC(=O)N(C[C@@H]2CCOC2)C2CC2)c2ccccc2c1=O. The smallest absolute Gasteiger partial charge is 0.274 e. The molecule has 1 aromatic carbocycles. The van der Waals surface area contributed by atoms with Crippen LogP contribution < -0.4 is 5.56 Å². The van der Waals surface area contributed by atoms with Crippen molar-refractivity contribution in [1.82, 2.24) is 14.7 Å². The van der Waals surface area contributed by atoms with Crippen LogP contribution in [0.1, 0.15) is 25.0 Å². The van der Waals surface area contributed by atoms with E-state index in [9.17, 15) is 9.59 Å². The molecular weight excluding hydrogens is 318 g/mol. The maximum absolute atomic E-state index is 13.0. The molecule has 0 radical (unpaired) electrons. The first-order valence-electron chi connectivity index (χ1n) is 8.95. The van der Waals surface area contributed by atoms with E-state index < -0.39 is 0 Å². The average Bonchev–Trinajstić information content (AvgIpc) is 3.33. The molecule has 1 aliphatic carbocycles. The third kappa shape index (κ3) is 3.31. The third-order valence-corrected chi connectivity index (χ3v) is 5.14. The largest absolute Gasteiger partial charge is 0.381 e. The van der Waals surface area contributed by atoms with E-state index in [2.05, 4.69) is 5.10 Å². The molecule has 1 amide bonds. The van der Waals surface area contributed by atoms with Gasteiger partial charge in [0.2, 0.25) is 5.91 Å². The summed E-state index contributed by atoms with van der Waals surface area (Å²) in [5.74, 6) is 0.542. The van der Waals surface area contributed by atoms with E-state index in [0.29, 0.717) is 23.0 Å². The molecule has 6 heteroatoms. The number of aryl methyl sites for hydroxylation is 1. The Morgan fingerprint density at radius 3 is 2.72 bits per heavy atom. The molecule has 0 N–H and O–H groups in total. The first kappa shape index (κ1) is 16.3. The number of carbonyl (C=O) groups is 1. The Kier molecular flexibility index (Phi) is 4.29. The van der Waals surface area contributed by atoms with E-state index in [1.165, 1.54) is 4.68 Å². The van der Waals surface area contributed by atoms with Gasteiger partial charge in [0.05, 0.1) is 24.1 Å². The van der Waals surface area contributed by atoms with Crippen LogP contribution in [0.4, 0.5) is 0 Å². The van der Waals surface area contributed by atoms with Crippen LogP contribution in [0.5, 0.6) is 0 Å². The topological polar surface area (TPSA) is 64.4 Å². The summed E-state index contributed by atoms with van der Waals surface area (Å²) < 4.78 is 6.78. The molecule has 4 rings (SSSR count). The molecule has 1 atom stereocenters. The highest BCUT2D eigenvalue weighted by molar-refractivity contribution is 5.88. The maximum atomic E-state index is 13.0. The van der Waals surface area contributed by atoms with Crippen LogP contribution in [-0.2, 0) is 23.0 Å². The molecule has 2 heterocycles. The molecule has 0 spiro atoms. The number of ether oxygens (including phenoxy) is 1. The quantitative estimate of drug-likeness (QED) is 0.827. The van der Waals surface area contributed by atoms with E-state index in [-0.39, 0.29) is 17.9 Å². The van der Waals surface area contributed by atoms with Crippen LogP contribution in [0.15, 0.2) is 29.1 Å². The van der Waals surface area contributed by atoms with Crippen LogP contribution in [-0.4, -0.2) is 46.4 Å². The zero-order valence-corrected chi connectivity index (χ0v) is 14.5. The molecular formula is C19H23N3O3. The monoisotopic (exact) mass is 341 g/mol. The van der Waals surface area contributed by atoms with E-state index in [1.54, 1.807) is 13.1 Å². The lowest BCUT2D eigenvalue weighted by Gasteiger charge is -2.25. The Hall–Kier alpha value is -2.21. The van der Waals surface area contributed by atoms with Crippen molar-refractivity contribution in [2.45, 2.75) is 31.7 Å². The Labute approximate surface area is 146 Å². The zero-order valence-electron chi connectivity index (χ0n) is 14.5. The second-order valence-electron chi connectivity index (χ2n) is 7.10. The summed E-state index contributed by atoms with van der Waals surface area (Å²) in [6.45, 7) is 2.31. The number of benzene rings is 1. The summed E-state index contributed by atoms with van der Waals surface area (Å²) in [6, 6.07) is 7.75. The highest BCUT2D eigenvalue weighted by Crippen LogP contribution is 2.30. The minimum atomic E-state index is -0.131. The molecule has 6 nitrogen and oxygen atoms in total. The highest BCUT2D eigenvalue weighted by atomic mass is 16.5. The van der Waals surface area contributed by atoms with Crippen molar-refractivity contribution in [3.05, 3.63) is 40.3 Å². The summed E-state index contributed by atoms with van der Waals surface area (Å²) in [5.41, 5.74) is 0.546. The number of nitrogens with zero attached hydrogens (tertiary/aromatic N) is 3. The van der Waals surface area contributed by atoms with Gasteiger partial charge in [-0.05, 0) is 25.3 Å². The zero-order chi connectivity index (χ0) is 17.4. The summed E-state index contributed by atoms with van der Waals surface area (Å²) >= 11 is 0. The van der Waals surface area contributed by atoms with Gasteiger partial charge in [-0.25, -0.2) is 4.68 Å². The molecule has 25 heavy (non-hydrogen) atoms. The molecule has 0 bridgehead atoms. The predicted octanol–water partition coefficient (Wildman–Crippen LogP) is 1.50. The second kappa shape index (κ2) is 6.59. The lowest BCUT2D eigenvalue weighted by molar-refractivity contribution is -0.131. The molecule has 132 valence electrons. The van der Waals surface area contributed by atoms with Gasteiger partial charge in [-0.3, -0.25) is 9.59 Å². The lowest BCUT2D eigenvalue weighted by Crippen LogP contribution is -2.39. The predicted molar refractivity (Wildman–Crippen MR) is 94.3 cm³/mol. The minimum absolute atomic E-state index is 0.103. The van der Waals surface area contributed by atoms with Gasteiger partial charge in [0.25, 0.3) is 5.56 Å². The Bertz CT molecular complexity index is 851. The summed E-state index contributed by atoms with van der Waals surface area (Å²) in [6.07, 6.45) is 3.43. The number of hydrogen-bond donors (Lipinski definition) is 0. The molecule has 2 aliphatic rings. The van der Waals surface area contributed by atoms with Crippen LogP contribution in [0, 0.1) is 5.92 Å². The van der Waals surface area contributed by atoms with Crippen molar-refractivity contribution in [2.75, 3.05) is 19.8 Å². The van der Waals surface area contributed by atoms with Crippen molar-refractivity contribution >= 4 is 16.7 Å². The Balaban J connectivity index is 1.60. The van der Waals surface area contributed by atoms with Crippen molar-refractivity contribution in [1.29, 1.82) is 0 Å². The van der Waals surface area contributed by atoms with Crippen molar-refractivity contribution < 1.29 is 9.53 Å². The van der Waals surface area contributed by atoms with Crippen LogP contribution in [0.3, 0.4) is 0 Å². The number of aromatic nitrogens is 2. The molecule has 2 aromatic rings. The van der Waals surface area contributed by atoms with E-state index >= 15 is 0 Å². The standard InChI is InChI=1S/C19H23N3O3/c1-21-19(24)16-5-3-2-4-15(16)17(20-21)10-18(23)22(14-6-7-14)11-13-8-9-25-12-13/h2-5,13-14H,6-12H2,1H3/t13-/m0/s1. The number of carbonyl (C=O) groups excluding carboxylic acids is 1. The highest BCUT2D eigenvalue weighted by Gasteiger charge is 2.35. The molecule has 2 fully saturated rings. The van der Waals surface area contributed by atoms with Gasteiger partial charge < -0.3 is 9.64 Å². The average molecular weight is 341 g/mol. The Morgan fingerprint density at radius 2 is 2.04 bits per heavy atom. The van der Waals surface area contributed by atoms with E-state index in [0.717, 1.165) is 44.4 Å². The molecule has 0 unspecified atom stereocenters.